The van der Waals surface area contributed by atoms with E-state index in [0.29, 0.717) is 17.6 Å². The van der Waals surface area contributed by atoms with E-state index in [-0.39, 0.29) is 24.6 Å². The molecule has 0 spiro atoms. The Bertz CT molecular complexity index is 471. The van der Waals surface area contributed by atoms with Gasteiger partial charge in [-0.1, -0.05) is 35.7 Å². The number of hydrogen-bond donors (Lipinski definition) is 2. The van der Waals surface area contributed by atoms with Crippen molar-refractivity contribution in [3.63, 3.8) is 0 Å². The Kier molecular flexibility index (Phi) is 9.27. The lowest BCUT2D eigenvalue weighted by molar-refractivity contribution is -0.116. The van der Waals surface area contributed by atoms with Crippen molar-refractivity contribution in [2.24, 2.45) is 0 Å². The number of carbonyl (C=O) groups is 1. The van der Waals surface area contributed by atoms with Gasteiger partial charge in [0.1, 0.15) is 5.82 Å². The Hall–Kier alpha value is -0.980. The van der Waals surface area contributed by atoms with Crippen molar-refractivity contribution in [2.75, 3.05) is 31.6 Å². The fourth-order valence-electron chi connectivity index (χ4n) is 2.13. The van der Waals surface area contributed by atoms with E-state index in [2.05, 4.69) is 33.1 Å². The highest BCUT2D eigenvalue weighted by molar-refractivity contribution is 9.10. The molecule has 6 heteroatoms. The first-order chi connectivity index (χ1) is 10.6. The first kappa shape index (κ1) is 19.1. The van der Waals surface area contributed by atoms with Crippen LogP contribution in [0.15, 0.2) is 22.7 Å². The van der Waals surface area contributed by atoms with Gasteiger partial charge in [-0.25, -0.2) is 4.39 Å². The van der Waals surface area contributed by atoms with Gasteiger partial charge in [-0.2, -0.15) is 0 Å². The van der Waals surface area contributed by atoms with E-state index in [1.807, 2.05) is 0 Å². The van der Waals surface area contributed by atoms with Crippen LogP contribution in [0, 0.1) is 5.82 Å². The standard InChI is InChI=1S/C16H24BrFN2O2/c1-2-3-4-8-20(10-11-21)9-7-16(22)19-15-6-5-13(17)12-14(15)18/h5-6,12,21H,2-4,7-11H2,1H3,(H,19,22). The van der Waals surface area contributed by atoms with Gasteiger partial charge in [-0.05, 0) is 31.2 Å². The summed E-state index contributed by atoms with van der Waals surface area (Å²) in [4.78, 5) is 14.0. The van der Waals surface area contributed by atoms with Crippen molar-refractivity contribution in [3.05, 3.63) is 28.5 Å². The highest BCUT2D eigenvalue weighted by atomic mass is 79.9. The number of anilines is 1. The van der Waals surface area contributed by atoms with E-state index in [0.717, 1.165) is 25.8 Å². The van der Waals surface area contributed by atoms with Crippen LogP contribution in [0.2, 0.25) is 0 Å². The monoisotopic (exact) mass is 374 g/mol. The maximum atomic E-state index is 13.6. The van der Waals surface area contributed by atoms with Crippen LogP contribution in [0.1, 0.15) is 32.6 Å². The molecule has 0 bridgehead atoms. The van der Waals surface area contributed by atoms with Gasteiger partial charge in [0.05, 0.1) is 12.3 Å². The molecule has 0 saturated heterocycles. The molecule has 1 amide bonds. The minimum atomic E-state index is -0.460. The Morgan fingerprint density at radius 1 is 1.32 bits per heavy atom. The van der Waals surface area contributed by atoms with Gasteiger partial charge in [-0.15, -0.1) is 0 Å². The molecule has 0 fully saturated rings. The summed E-state index contributed by atoms with van der Waals surface area (Å²) in [5.41, 5.74) is 0.188. The highest BCUT2D eigenvalue weighted by Crippen LogP contribution is 2.19. The molecule has 124 valence electrons. The molecule has 0 aliphatic carbocycles. The number of amides is 1. The number of rotatable bonds is 10. The van der Waals surface area contributed by atoms with E-state index in [1.165, 1.54) is 12.1 Å². The molecular formula is C16H24BrFN2O2. The summed E-state index contributed by atoms with van der Waals surface area (Å²) >= 11 is 3.18. The molecule has 0 aliphatic heterocycles. The number of unbranched alkanes of at least 4 members (excludes halogenated alkanes) is 2. The lowest BCUT2D eigenvalue weighted by atomic mass is 10.2. The maximum absolute atomic E-state index is 13.6. The molecule has 0 atom stereocenters. The molecule has 0 aliphatic rings. The molecule has 0 aromatic heterocycles. The van der Waals surface area contributed by atoms with Crippen molar-refractivity contribution in [1.82, 2.24) is 4.90 Å². The Morgan fingerprint density at radius 3 is 2.73 bits per heavy atom. The Balaban J connectivity index is 2.42. The molecule has 1 aromatic rings. The lowest BCUT2D eigenvalue weighted by Crippen LogP contribution is -2.31. The molecule has 1 aromatic carbocycles. The second-order valence-electron chi connectivity index (χ2n) is 5.19. The number of halogens is 2. The van der Waals surface area contributed by atoms with Crippen molar-refractivity contribution < 1.29 is 14.3 Å². The zero-order valence-electron chi connectivity index (χ0n) is 12.9. The quantitative estimate of drug-likeness (QED) is 0.617. The van der Waals surface area contributed by atoms with Crippen LogP contribution < -0.4 is 5.32 Å². The molecule has 1 rings (SSSR count). The first-order valence-corrected chi connectivity index (χ1v) is 8.44. The fraction of sp³-hybridized carbons (Fsp3) is 0.562. The average Bonchev–Trinajstić information content (AvgIpc) is 2.48. The van der Waals surface area contributed by atoms with Gasteiger partial charge in [0.25, 0.3) is 0 Å². The number of aliphatic hydroxyl groups excluding tert-OH is 1. The minimum Gasteiger partial charge on any atom is -0.395 e. The predicted molar refractivity (Wildman–Crippen MR) is 90.4 cm³/mol. The fourth-order valence-corrected chi connectivity index (χ4v) is 2.46. The number of aliphatic hydroxyl groups is 1. The number of nitrogens with zero attached hydrogens (tertiary/aromatic N) is 1. The smallest absolute Gasteiger partial charge is 0.225 e. The summed E-state index contributed by atoms with van der Waals surface area (Å²) in [5.74, 6) is -0.683. The number of hydrogen-bond acceptors (Lipinski definition) is 3. The minimum absolute atomic E-state index is 0.0785. The van der Waals surface area contributed by atoms with Gasteiger partial charge < -0.3 is 15.3 Å². The van der Waals surface area contributed by atoms with E-state index in [1.54, 1.807) is 6.07 Å². The third-order valence-electron chi connectivity index (χ3n) is 3.35. The first-order valence-electron chi connectivity index (χ1n) is 7.65. The van der Waals surface area contributed by atoms with Crippen LogP contribution in [0.5, 0.6) is 0 Å². The second-order valence-corrected chi connectivity index (χ2v) is 6.11. The summed E-state index contributed by atoms with van der Waals surface area (Å²) in [6.07, 6.45) is 3.61. The van der Waals surface area contributed by atoms with Crippen molar-refractivity contribution >= 4 is 27.5 Å². The summed E-state index contributed by atoms with van der Waals surface area (Å²) in [6.45, 7) is 4.21. The molecule has 0 radical (unpaired) electrons. The van der Waals surface area contributed by atoms with Crippen LogP contribution >= 0.6 is 15.9 Å². The molecule has 22 heavy (non-hydrogen) atoms. The van der Waals surface area contributed by atoms with Crippen LogP contribution in [0.4, 0.5) is 10.1 Å². The summed E-state index contributed by atoms with van der Waals surface area (Å²) in [5, 5.41) is 11.6. The van der Waals surface area contributed by atoms with Crippen molar-refractivity contribution in [2.45, 2.75) is 32.6 Å². The molecule has 0 heterocycles. The number of carbonyl (C=O) groups excluding carboxylic acids is 1. The van der Waals surface area contributed by atoms with Gasteiger partial charge in [0, 0.05) is 24.0 Å². The zero-order chi connectivity index (χ0) is 16.4. The SMILES string of the molecule is CCCCCN(CCO)CCC(=O)Nc1ccc(Br)cc1F. The van der Waals surface area contributed by atoms with E-state index in [4.69, 9.17) is 5.11 Å². The third kappa shape index (κ3) is 7.33. The van der Waals surface area contributed by atoms with Gasteiger partial charge in [-0.3, -0.25) is 4.79 Å². The zero-order valence-corrected chi connectivity index (χ0v) is 14.5. The largest absolute Gasteiger partial charge is 0.395 e. The van der Waals surface area contributed by atoms with Gasteiger partial charge in [0.2, 0.25) is 5.91 Å². The topological polar surface area (TPSA) is 52.6 Å². The van der Waals surface area contributed by atoms with Crippen molar-refractivity contribution in [1.29, 1.82) is 0 Å². The van der Waals surface area contributed by atoms with Gasteiger partial charge in [0.15, 0.2) is 0 Å². The van der Waals surface area contributed by atoms with Crippen LogP contribution in [0.25, 0.3) is 0 Å². The van der Waals surface area contributed by atoms with Crippen molar-refractivity contribution in [3.8, 4) is 0 Å². The van der Waals surface area contributed by atoms with Crippen LogP contribution in [0.3, 0.4) is 0 Å². The molecule has 2 N–H and O–H groups in total. The van der Waals surface area contributed by atoms with Gasteiger partial charge >= 0.3 is 0 Å². The third-order valence-corrected chi connectivity index (χ3v) is 3.85. The average molecular weight is 375 g/mol. The summed E-state index contributed by atoms with van der Waals surface area (Å²) < 4.78 is 14.3. The second kappa shape index (κ2) is 10.7. The molecule has 0 saturated carbocycles. The van der Waals surface area contributed by atoms with E-state index < -0.39 is 5.82 Å². The van der Waals surface area contributed by atoms with E-state index >= 15 is 0 Å². The Labute approximate surface area is 139 Å². The number of nitrogens with one attached hydrogen (secondary N) is 1. The van der Waals surface area contributed by atoms with E-state index in [9.17, 15) is 9.18 Å². The molecule has 0 unspecified atom stereocenters. The van der Waals surface area contributed by atoms with Crippen LogP contribution in [-0.4, -0.2) is 42.2 Å². The highest BCUT2D eigenvalue weighted by Gasteiger charge is 2.10. The molecule has 4 nitrogen and oxygen atoms in total. The normalized spacial score (nSPS) is 11.0. The lowest BCUT2D eigenvalue weighted by Gasteiger charge is -2.20. The Morgan fingerprint density at radius 2 is 2.09 bits per heavy atom. The maximum Gasteiger partial charge on any atom is 0.225 e. The van der Waals surface area contributed by atoms with Crippen LogP contribution in [-0.2, 0) is 4.79 Å². The summed E-state index contributed by atoms with van der Waals surface area (Å²) in [7, 11) is 0. The predicted octanol–water partition coefficient (Wildman–Crippen LogP) is 3.40. The summed E-state index contributed by atoms with van der Waals surface area (Å²) in [6, 6.07) is 4.53. The molecular weight excluding hydrogens is 351 g/mol. The number of benzene rings is 1.